The van der Waals surface area contributed by atoms with Crippen molar-refractivity contribution >= 4 is 23.8 Å². The Morgan fingerprint density at radius 3 is 1.56 bits per heavy atom. The van der Waals surface area contributed by atoms with Crippen molar-refractivity contribution in [2.75, 3.05) is 0 Å². The molecule has 0 aliphatic carbocycles. The molecule has 0 radical (unpaired) electrons. The second-order valence-corrected chi connectivity index (χ2v) is 5.96. The number of carbonyl (C=O) groups excluding carboxylic acids is 1. The Labute approximate surface area is 153 Å². The van der Waals surface area contributed by atoms with E-state index >= 15 is 0 Å². The van der Waals surface area contributed by atoms with Crippen LogP contribution in [0.15, 0.2) is 60.7 Å². The zero-order valence-corrected chi connectivity index (χ0v) is 14.0. The largest absolute Gasteiger partial charge is 0.481 e. The molecule has 1 unspecified atom stereocenters. The molecule has 0 saturated heterocycles. The van der Waals surface area contributed by atoms with Crippen LogP contribution in [0.5, 0.6) is 0 Å². The van der Waals surface area contributed by atoms with E-state index in [0.29, 0.717) is 5.56 Å². The topological polar surface area (TPSA) is 155 Å². The van der Waals surface area contributed by atoms with Gasteiger partial charge in [-0.05, 0) is 17.5 Å². The summed E-state index contributed by atoms with van der Waals surface area (Å²) < 4.78 is 0. The van der Waals surface area contributed by atoms with Gasteiger partial charge in [-0.1, -0.05) is 60.7 Å². The molecule has 0 fully saturated rings. The number of amides is 1. The minimum Gasteiger partial charge on any atom is -0.481 e. The highest BCUT2D eigenvalue weighted by molar-refractivity contribution is 6.23. The van der Waals surface area contributed by atoms with Crippen molar-refractivity contribution in [1.29, 1.82) is 0 Å². The van der Waals surface area contributed by atoms with Gasteiger partial charge < -0.3 is 21.1 Å². The first kappa shape index (κ1) is 19.6. The molecule has 0 bridgehead atoms. The van der Waals surface area contributed by atoms with E-state index in [9.17, 15) is 34.5 Å². The molecule has 0 aromatic heterocycles. The quantitative estimate of drug-likeness (QED) is 0.502. The number of nitrogens with two attached hydrogens (primary N) is 1. The molecule has 8 nitrogen and oxygen atoms in total. The van der Waals surface area contributed by atoms with Crippen LogP contribution < -0.4 is 5.73 Å². The van der Waals surface area contributed by atoms with Crippen LogP contribution >= 0.6 is 0 Å². The van der Waals surface area contributed by atoms with Gasteiger partial charge >= 0.3 is 17.9 Å². The molecule has 140 valence electrons. The Kier molecular flexibility index (Phi) is 5.30. The number of benzene rings is 2. The molecule has 1 atom stereocenters. The molecular formula is C19H17NO7. The van der Waals surface area contributed by atoms with Gasteiger partial charge in [-0.25, -0.2) is 0 Å². The van der Waals surface area contributed by atoms with Gasteiger partial charge in [0.2, 0.25) is 5.91 Å². The van der Waals surface area contributed by atoms with Crippen molar-refractivity contribution in [3.8, 4) is 0 Å². The Morgan fingerprint density at radius 1 is 0.741 bits per heavy atom. The van der Waals surface area contributed by atoms with Gasteiger partial charge in [-0.15, -0.1) is 0 Å². The maximum Gasteiger partial charge on any atom is 0.332 e. The van der Waals surface area contributed by atoms with Gasteiger partial charge in [0, 0.05) is 0 Å². The van der Waals surface area contributed by atoms with Gasteiger partial charge in [-0.2, -0.15) is 0 Å². The second-order valence-electron chi connectivity index (χ2n) is 5.96. The summed E-state index contributed by atoms with van der Waals surface area (Å²) >= 11 is 0. The summed E-state index contributed by atoms with van der Waals surface area (Å²) in [5.74, 6) is -7.86. The molecular weight excluding hydrogens is 354 g/mol. The zero-order chi connectivity index (χ0) is 20.2. The van der Waals surface area contributed by atoms with Crippen LogP contribution in [0.1, 0.15) is 11.1 Å². The molecule has 8 heteroatoms. The van der Waals surface area contributed by atoms with Crippen molar-refractivity contribution < 1.29 is 34.5 Å². The monoisotopic (exact) mass is 371 g/mol. The third-order valence-corrected chi connectivity index (χ3v) is 4.60. The molecule has 2 aromatic carbocycles. The third kappa shape index (κ3) is 2.91. The van der Waals surface area contributed by atoms with E-state index in [-0.39, 0.29) is 5.56 Å². The SMILES string of the molecule is NC(=O)C(C(=O)O)(C(=O)O)C(Cc1ccccc1)(C(=O)O)c1ccccc1. The highest BCUT2D eigenvalue weighted by atomic mass is 16.4. The van der Waals surface area contributed by atoms with Crippen molar-refractivity contribution in [2.45, 2.75) is 11.8 Å². The highest BCUT2D eigenvalue weighted by Gasteiger charge is 2.71. The lowest BCUT2D eigenvalue weighted by molar-refractivity contribution is -0.181. The number of aliphatic carboxylic acids is 3. The van der Waals surface area contributed by atoms with Gasteiger partial charge in [0.25, 0.3) is 5.41 Å². The first-order valence-electron chi connectivity index (χ1n) is 7.80. The minimum atomic E-state index is -3.43. The van der Waals surface area contributed by atoms with Crippen LogP contribution in [0.25, 0.3) is 0 Å². The lowest BCUT2D eigenvalue weighted by Gasteiger charge is -2.40. The second kappa shape index (κ2) is 7.28. The smallest absolute Gasteiger partial charge is 0.332 e. The molecule has 2 rings (SSSR count). The van der Waals surface area contributed by atoms with E-state index in [1.807, 2.05) is 0 Å². The molecule has 0 saturated carbocycles. The molecule has 5 N–H and O–H groups in total. The summed E-state index contributed by atoms with van der Waals surface area (Å²) in [6, 6.07) is 14.8. The zero-order valence-electron chi connectivity index (χ0n) is 14.0. The number of carboxylic acids is 3. The van der Waals surface area contributed by atoms with E-state index < -0.39 is 41.1 Å². The minimum absolute atomic E-state index is 0.162. The highest BCUT2D eigenvalue weighted by Crippen LogP contribution is 2.46. The lowest BCUT2D eigenvalue weighted by Crippen LogP contribution is -2.67. The number of hydrogen-bond donors (Lipinski definition) is 4. The van der Waals surface area contributed by atoms with Crippen LogP contribution in [-0.2, 0) is 31.0 Å². The van der Waals surface area contributed by atoms with Crippen LogP contribution in [0.3, 0.4) is 0 Å². The average Bonchev–Trinajstić information content (AvgIpc) is 2.61. The third-order valence-electron chi connectivity index (χ3n) is 4.60. The Bertz CT molecular complexity index is 843. The fraction of sp³-hybridized carbons (Fsp3) is 0.158. The summed E-state index contributed by atoms with van der Waals surface area (Å²) in [7, 11) is 0. The predicted octanol–water partition coefficient (Wildman–Crippen LogP) is 0.893. The van der Waals surface area contributed by atoms with E-state index in [1.54, 1.807) is 24.3 Å². The van der Waals surface area contributed by atoms with Gasteiger partial charge in [0.05, 0.1) is 0 Å². The van der Waals surface area contributed by atoms with Crippen LogP contribution in [0, 0.1) is 5.41 Å². The number of carboxylic acid groups (broad SMARTS) is 3. The summed E-state index contributed by atoms with van der Waals surface area (Å²) in [5.41, 5.74) is -0.723. The number of carbonyl (C=O) groups is 4. The van der Waals surface area contributed by atoms with E-state index in [4.69, 9.17) is 5.73 Å². The number of hydrogen-bond acceptors (Lipinski definition) is 4. The fourth-order valence-corrected chi connectivity index (χ4v) is 3.31. The molecule has 0 heterocycles. The maximum atomic E-state index is 12.5. The summed E-state index contributed by atoms with van der Waals surface area (Å²) in [6.07, 6.45) is -0.575. The Morgan fingerprint density at radius 2 is 1.19 bits per heavy atom. The normalized spacial score (nSPS) is 13.3. The maximum absolute atomic E-state index is 12.5. The Balaban J connectivity index is 2.98. The van der Waals surface area contributed by atoms with Crippen LogP contribution in [0.2, 0.25) is 0 Å². The standard InChI is InChI=1S/C19H17NO7/c20-14(21)19(16(24)25,17(26)27)18(15(22)23,13-9-5-2-6-10-13)11-12-7-3-1-4-8-12/h1-10H,11H2,(H2,20,21)(H,22,23)(H,24,25)(H,26,27). The molecule has 0 aliphatic rings. The fourth-order valence-electron chi connectivity index (χ4n) is 3.31. The molecule has 27 heavy (non-hydrogen) atoms. The van der Waals surface area contributed by atoms with E-state index in [1.165, 1.54) is 36.4 Å². The summed E-state index contributed by atoms with van der Waals surface area (Å²) in [6.45, 7) is 0. The van der Waals surface area contributed by atoms with E-state index in [0.717, 1.165) is 0 Å². The molecule has 0 spiro atoms. The van der Waals surface area contributed by atoms with E-state index in [2.05, 4.69) is 0 Å². The average molecular weight is 371 g/mol. The van der Waals surface area contributed by atoms with Crippen molar-refractivity contribution in [1.82, 2.24) is 0 Å². The number of rotatable bonds is 8. The molecule has 2 aromatic rings. The van der Waals surface area contributed by atoms with Crippen molar-refractivity contribution in [3.63, 3.8) is 0 Å². The Hall–Kier alpha value is -3.68. The summed E-state index contributed by atoms with van der Waals surface area (Å²) in [5, 5.41) is 29.6. The predicted molar refractivity (Wildman–Crippen MR) is 92.8 cm³/mol. The number of primary amides is 1. The first-order valence-corrected chi connectivity index (χ1v) is 7.80. The van der Waals surface area contributed by atoms with Gasteiger partial charge in [0.15, 0.2) is 0 Å². The first-order chi connectivity index (χ1) is 12.7. The van der Waals surface area contributed by atoms with Gasteiger partial charge in [0.1, 0.15) is 5.41 Å². The molecule has 1 amide bonds. The van der Waals surface area contributed by atoms with Crippen LogP contribution in [-0.4, -0.2) is 39.1 Å². The van der Waals surface area contributed by atoms with Crippen molar-refractivity contribution in [2.24, 2.45) is 11.1 Å². The summed E-state index contributed by atoms with van der Waals surface area (Å²) in [4.78, 5) is 48.8. The van der Waals surface area contributed by atoms with Crippen molar-refractivity contribution in [3.05, 3.63) is 71.8 Å². The molecule has 0 aliphatic heterocycles. The lowest BCUT2D eigenvalue weighted by atomic mass is 9.56. The van der Waals surface area contributed by atoms with Crippen LogP contribution in [0.4, 0.5) is 0 Å². The van der Waals surface area contributed by atoms with Gasteiger partial charge in [-0.3, -0.25) is 19.2 Å².